The van der Waals surface area contributed by atoms with E-state index >= 15 is 0 Å². The zero-order valence-electron chi connectivity index (χ0n) is 16.3. The van der Waals surface area contributed by atoms with Crippen LogP contribution in [0.2, 0.25) is 0 Å². The topological polar surface area (TPSA) is 78.3 Å². The molecule has 1 aliphatic rings. The zero-order valence-corrected chi connectivity index (χ0v) is 17.1. The molecule has 2 heterocycles. The first kappa shape index (κ1) is 19.3. The summed E-state index contributed by atoms with van der Waals surface area (Å²) in [7, 11) is 0. The van der Waals surface area contributed by atoms with Crippen molar-refractivity contribution in [2.75, 3.05) is 12.1 Å². The molecule has 1 aromatic heterocycles. The molecular formula is C21H22N4O3S. The molecule has 0 spiro atoms. The molecule has 0 aliphatic carbocycles. The van der Waals surface area contributed by atoms with Crippen LogP contribution in [0.5, 0.6) is 11.5 Å². The fourth-order valence-electron chi connectivity index (χ4n) is 3.06. The van der Waals surface area contributed by atoms with Gasteiger partial charge < -0.3 is 19.4 Å². The van der Waals surface area contributed by atoms with Crippen molar-refractivity contribution in [1.29, 1.82) is 0 Å². The molecule has 1 atom stereocenters. The third-order valence-corrected chi connectivity index (χ3v) is 5.69. The Kier molecular flexibility index (Phi) is 5.71. The number of hydrogen-bond acceptors (Lipinski definition) is 6. The number of nitrogens with one attached hydrogen (secondary N) is 1. The molecule has 1 N–H and O–H groups in total. The number of thioether (sulfide) groups is 1. The van der Waals surface area contributed by atoms with E-state index in [0.29, 0.717) is 23.6 Å². The summed E-state index contributed by atoms with van der Waals surface area (Å²) in [6.07, 6.45) is 0.708. The minimum absolute atomic E-state index is 0.107. The second-order valence-electron chi connectivity index (χ2n) is 6.62. The van der Waals surface area contributed by atoms with E-state index in [9.17, 15) is 4.79 Å². The van der Waals surface area contributed by atoms with Crippen molar-refractivity contribution in [2.24, 2.45) is 0 Å². The van der Waals surface area contributed by atoms with E-state index in [1.54, 1.807) is 18.2 Å². The third kappa shape index (κ3) is 4.37. The quantitative estimate of drug-likeness (QED) is 0.598. The second kappa shape index (κ2) is 8.57. The SMILES string of the molecule is CCn1c(Cc2ccccc2)nnc1S[C@H](C)C(=O)Nc1ccc2c(c1)OCO2. The van der Waals surface area contributed by atoms with Crippen LogP contribution >= 0.6 is 11.8 Å². The highest BCUT2D eigenvalue weighted by Gasteiger charge is 2.21. The van der Waals surface area contributed by atoms with E-state index in [0.717, 1.165) is 17.5 Å². The van der Waals surface area contributed by atoms with Gasteiger partial charge in [0.2, 0.25) is 12.7 Å². The van der Waals surface area contributed by atoms with E-state index in [2.05, 4.69) is 39.1 Å². The molecule has 0 bridgehead atoms. The van der Waals surface area contributed by atoms with E-state index in [1.807, 2.05) is 25.1 Å². The van der Waals surface area contributed by atoms with Crippen molar-refractivity contribution in [2.45, 2.75) is 37.2 Å². The smallest absolute Gasteiger partial charge is 0.237 e. The van der Waals surface area contributed by atoms with Gasteiger partial charge in [0, 0.05) is 24.7 Å². The highest BCUT2D eigenvalue weighted by atomic mass is 32.2. The minimum atomic E-state index is -0.334. The molecule has 29 heavy (non-hydrogen) atoms. The lowest BCUT2D eigenvalue weighted by molar-refractivity contribution is -0.115. The number of aromatic nitrogens is 3. The molecule has 3 aromatic rings. The van der Waals surface area contributed by atoms with Crippen molar-refractivity contribution >= 4 is 23.4 Å². The number of rotatable bonds is 7. The number of fused-ring (bicyclic) bond motifs is 1. The predicted molar refractivity (Wildman–Crippen MR) is 111 cm³/mol. The summed E-state index contributed by atoms with van der Waals surface area (Å²) in [6, 6.07) is 15.5. The number of anilines is 1. The van der Waals surface area contributed by atoms with E-state index in [1.165, 1.54) is 17.3 Å². The number of hydrogen-bond donors (Lipinski definition) is 1. The minimum Gasteiger partial charge on any atom is -0.454 e. The van der Waals surface area contributed by atoms with Crippen LogP contribution in [0, 0.1) is 0 Å². The molecule has 2 aromatic carbocycles. The van der Waals surface area contributed by atoms with Crippen molar-refractivity contribution in [3.63, 3.8) is 0 Å². The molecule has 0 saturated heterocycles. The normalized spacial score (nSPS) is 13.3. The molecule has 4 rings (SSSR count). The molecule has 8 heteroatoms. The fourth-order valence-corrected chi connectivity index (χ4v) is 3.99. The Morgan fingerprint density at radius 3 is 2.76 bits per heavy atom. The third-order valence-electron chi connectivity index (χ3n) is 4.61. The maximum absolute atomic E-state index is 12.7. The zero-order chi connectivity index (χ0) is 20.2. The Morgan fingerprint density at radius 1 is 1.17 bits per heavy atom. The lowest BCUT2D eigenvalue weighted by Gasteiger charge is -2.13. The maximum atomic E-state index is 12.7. The average molecular weight is 410 g/mol. The fraction of sp³-hybridized carbons (Fsp3) is 0.286. The van der Waals surface area contributed by atoms with Gasteiger partial charge in [-0.1, -0.05) is 42.1 Å². The van der Waals surface area contributed by atoms with E-state index in [4.69, 9.17) is 9.47 Å². The first-order chi connectivity index (χ1) is 14.1. The standard InChI is InChI=1S/C21H22N4O3S/c1-3-25-19(11-15-7-5-4-6-8-15)23-24-21(25)29-14(2)20(26)22-16-9-10-17-18(12-16)28-13-27-17/h4-10,12,14H,3,11,13H2,1-2H3,(H,22,26)/t14-/m1/s1. The summed E-state index contributed by atoms with van der Waals surface area (Å²) in [5, 5.41) is 12.0. The summed E-state index contributed by atoms with van der Waals surface area (Å²) in [5.41, 5.74) is 1.85. The predicted octanol–water partition coefficient (Wildman–Crippen LogP) is 3.74. The molecule has 1 amide bonds. The van der Waals surface area contributed by atoms with Crippen LogP contribution in [-0.2, 0) is 17.8 Å². The number of benzene rings is 2. The Bertz CT molecular complexity index is 1010. The van der Waals surface area contributed by atoms with Gasteiger partial charge in [0.25, 0.3) is 0 Å². The molecular weight excluding hydrogens is 388 g/mol. The van der Waals surface area contributed by atoms with Crippen LogP contribution in [-0.4, -0.2) is 32.7 Å². The lowest BCUT2D eigenvalue weighted by Crippen LogP contribution is -2.23. The Labute approximate surface area is 173 Å². The van der Waals surface area contributed by atoms with E-state index in [-0.39, 0.29) is 18.0 Å². The first-order valence-corrected chi connectivity index (χ1v) is 10.3. The van der Waals surface area contributed by atoms with Gasteiger partial charge in [-0.2, -0.15) is 0 Å². The monoisotopic (exact) mass is 410 g/mol. The summed E-state index contributed by atoms with van der Waals surface area (Å²) in [4.78, 5) is 12.7. The highest BCUT2D eigenvalue weighted by Crippen LogP contribution is 2.34. The summed E-state index contributed by atoms with van der Waals surface area (Å²) in [5.74, 6) is 2.11. The second-order valence-corrected chi connectivity index (χ2v) is 7.93. The molecule has 0 radical (unpaired) electrons. The van der Waals surface area contributed by atoms with Gasteiger partial charge in [0.15, 0.2) is 16.7 Å². The summed E-state index contributed by atoms with van der Waals surface area (Å²) in [6.45, 7) is 4.86. The van der Waals surface area contributed by atoms with Gasteiger partial charge in [0.05, 0.1) is 5.25 Å². The van der Waals surface area contributed by atoms with Crippen LogP contribution < -0.4 is 14.8 Å². The van der Waals surface area contributed by atoms with Gasteiger partial charge in [-0.05, 0) is 31.5 Å². The molecule has 1 aliphatic heterocycles. The number of ether oxygens (including phenoxy) is 2. The van der Waals surface area contributed by atoms with Crippen molar-refractivity contribution in [3.05, 3.63) is 59.9 Å². The average Bonchev–Trinajstić information content (AvgIpc) is 3.35. The van der Waals surface area contributed by atoms with Crippen LogP contribution in [0.1, 0.15) is 25.2 Å². The van der Waals surface area contributed by atoms with Crippen LogP contribution in [0.15, 0.2) is 53.7 Å². The molecule has 7 nitrogen and oxygen atoms in total. The summed E-state index contributed by atoms with van der Waals surface area (Å²) < 4.78 is 12.7. The number of nitrogens with zero attached hydrogens (tertiary/aromatic N) is 3. The highest BCUT2D eigenvalue weighted by molar-refractivity contribution is 8.00. The van der Waals surface area contributed by atoms with Gasteiger partial charge in [-0.25, -0.2) is 0 Å². The van der Waals surface area contributed by atoms with Crippen LogP contribution in [0.25, 0.3) is 0 Å². The van der Waals surface area contributed by atoms with Crippen molar-refractivity contribution in [3.8, 4) is 11.5 Å². The van der Waals surface area contributed by atoms with E-state index < -0.39 is 0 Å². The van der Waals surface area contributed by atoms with Gasteiger partial charge in [-0.3, -0.25) is 4.79 Å². The van der Waals surface area contributed by atoms with Crippen LogP contribution in [0.3, 0.4) is 0 Å². The molecule has 0 unspecified atom stereocenters. The molecule has 0 saturated carbocycles. The summed E-state index contributed by atoms with van der Waals surface area (Å²) >= 11 is 1.40. The van der Waals surface area contributed by atoms with Crippen LogP contribution in [0.4, 0.5) is 5.69 Å². The number of amides is 1. The van der Waals surface area contributed by atoms with Gasteiger partial charge in [-0.15, -0.1) is 10.2 Å². The largest absolute Gasteiger partial charge is 0.454 e. The Morgan fingerprint density at radius 2 is 1.97 bits per heavy atom. The number of carbonyl (C=O) groups is 1. The maximum Gasteiger partial charge on any atom is 0.237 e. The van der Waals surface area contributed by atoms with Crippen molar-refractivity contribution < 1.29 is 14.3 Å². The van der Waals surface area contributed by atoms with Crippen molar-refractivity contribution in [1.82, 2.24) is 14.8 Å². The molecule has 150 valence electrons. The van der Waals surface area contributed by atoms with Gasteiger partial charge in [0.1, 0.15) is 5.82 Å². The van der Waals surface area contributed by atoms with Gasteiger partial charge >= 0.3 is 0 Å². The number of carbonyl (C=O) groups excluding carboxylic acids is 1. The molecule has 0 fully saturated rings. The Hall–Kier alpha value is -3.00. The lowest BCUT2D eigenvalue weighted by atomic mass is 10.1. The Balaban J connectivity index is 1.42. The first-order valence-electron chi connectivity index (χ1n) is 9.47.